The third-order valence-corrected chi connectivity index (χ3v) is 4.24. The second-order valence-electron chi connectivity index (χ2n) is 4.45. The molecule has 20 heavy (non-hydrogen) atoms. The first-order valence-corrected chi connectivity index (χ1v) is 8.02. The van der Waals surface area contributed by atoms with Gasteiger partial charge in [-0.25, -0.2) is 0 Å². The van der Waals surface area contributed by atoms with Crippen LogP contribution in [0.1, 0.15) is 27.2 Å². The van der Waals surface area contributed by atoms with Gasteiger partial charge in [0.2, 0.25) is 0 Å². The second-order valence-corrected chi connectivity index (χ2v) is 5.74. The third kappa shape index (κ3) is 3.82. The number of anilines is 1. The fraction of sp³-hybridized carbons (Fsp3) is 0.533. The van der Waals surface area contributed by atoms with E-state index in [4.69, 9.17) is 9.47 Å². The van der Waals surface area contributed by atoms with Crippen LogP contribution in [-0.2, 0) is 0 Å². The summed E-state index contributed by atoms with van der Waals surface area (Å²) in [5.74, 6) is 1.56. The smallest absolute Gasteiger partial charge is 0.163 e. The summed E-state index contributed by atoms with van der Waals surface area (Å²) < 4.78 is 11.2. The van der Waals surface area contributed by atoms with E-state index in [2.05, 4.69) is 17.2 Å². The number of nitrogens with one attached hydrogen (secondary N) is 1. The van der Waals surface area contributed by atoms with Crippen LogP contribution in [0.3, 0.4) is 0 Å². The van der Waals surface area contributed by atoms with Crippen LogP contribution in [0, 0.1) is 0 Å². The van der Waals surface area contributed by atoms with Crippen molar-refractivity contribution < 1.29 is 9.47 Å². The molecule has 0 bridgehead atoms. The fourth-order valence-electron chi connectivity index (χ4n) is 1.95. The SMILES string of the molecule is CCOc1ccc(NC2=NCC(CC)S2)cc1OCC. The molecule has 1 aliphatic rings. The Morgan fingerprint density at radius 2 is 1.95 bits per heavy atom. The van der Waals surface area contributed by atoms with Gasteiger partial charge in [0.1, 0.15) is 0 Å². The Balaban J connectivity index is 2.07. The molecule has 0 aromatic heterocycles. The summed E-state index contributed by atoms with van der Waals surface area (Å²) in [6.45, 7) is 8.29. The molecule has 0 saturated heterocycles. The first-order chi connectivity index (χ1) is 9.76. The minimum absolute atomic E-state index is 0.603. The Kier molecular flexibility index (Phi) is 5.59. The molecule has 0 saturated carbocycles. The molecule has 1 aromatic carbocycles. The lowest BCUT2D eigenvalue weighted by Crippen LogP contribution is -2.07. The van der Waals surface area contributed by atoms with E-state index >= 15 is 0 Å². The van der Waals surface area contributed by atoms with Crippen molar-refractivity contribution in [3.8, 4) is 11.5 Å². The van der Waals surface area contributed by atoms with Crippen LogP contribution in [0.15, 0.2) is 23.2 Å². The van der Waals surface area contributed by atoms with Gasteiger partial charge in [-0.3, -0.25) is 4.99 Å². The van der Waals surface area contributed by atoms with Gasteiger partial charge < -0.3 is 14.8 Å². The van der Waals surface area contributed by atoms with Crippen LogP contribution >= 0.6 is 11.8 Å². The van der Waals surface area contributed by atoms with Crippen molar-refractivity contribution in [2.45, 2.75) is 32.4 Å². The molecule has 110 valence electrons. The molecule has 1 N–H and O–H groups in total. The fourth-order valence-corrected chi connectivity index (χ4v) is 2.91. The van der Waals surface area contributed by atoms with Gasteiger partial charge in [0, 0.05) is 17.0 Å². The number of rotatable bonds is 6. The molecule has 1 heterocycles. The standard InChI is InChI=1S/C15H22N2O2S/c1-4-12-10-16-15(20-12)17-11-7-8-13(18-5-2)14(9-11)19-6-3/h7-9,12H,4-6,10H2,1-3H3,(H,16,17). The molecular formula is C15H22N2O2S. The summed E-state index contributed by atoms with van der Waals surface area (Å²) in [5.41, 5.74) is 0.986. The Hall–Kier alpha value is -1.36. The summed E-state index contributed by atoms with van der Waals surface area (Å²) in [6.07, 6.45) is 1.15. The minimum atomic E-state index is 0.603. The normalized spacial score (nSPS) is 17.8. The van der Waals surface area contributed by atoms with E-state index in [9.17, 15) is 0 Å². The van der Waals surface area contributed by atoms with Crippen LogP contribution in [0.25, 0.3) is 0 Å². The lowest BCUT2D eigenvalue weighted by atomic mass is 10.2. The maximum Gasteiger partial charge on any atom is 0.163 e. The molecule has 0 amide bonds. The van der Waals surface area contributed by atoms with Crippen molar-refractivity contribution in [2.75, 3.05) is 25.1 Å². The zero-order valence-corrected chi connectivity index (χ0v) is 13.1. The van der Waals surface area contributed by atoms with Crippen molar-refractivity contribution in [3.63, 3.8) is 0 Å². The van der Waals surface area contributed by atoms with Gasteiger partial charge in [0.25, 0.3) is 0 Å². The predicted molar refractivity (Wildman–Crippen MR) is 86.4 cm³/mol. The molecule has 0 spiro atoms. The van der Waals surface area contributed by atoms with E-state index < -0.39 is 0 Å². The lowest BCUT2D eigenvalue weighted by molar-refractivity contribution is 0.288. The van der Waals surface area contributed by atoms with Gasteiger partial charge in [0.05, 0.1) is 19.8 Å². The highest BCUT2D eigenvalue weighted by atomic mass is 32.2. The molecule has 0 aliphatic carbocycles. The van der Waals surface area contributed by atoms with Crippen molar-refractivity contribution >= 4 is 22.6 Å². The molecule has 0 fully saturated rings. The summed E-state index contributed by atoms with van der Waals surface area (Å²) in [4.78, 5) is 4.51. The first-order valence-electron chi connectivity index (χ1n) is 7.14. The van der Waals surface area contributed by atoms with E-state index in [0.29, 0.717) is 18.5 Å². The average molecular weight is 294 g/mol. The quantitative estimate of drug-likeness (QED) is 0.867. The largest absolute Gasteiger partial charge is 0.490 e. The van der Waals surface area contributed by atoms with Gasteiger partial charge >= 0.3 is 0 Å². The molecule has 0 radical (unpaired) electrons. The van der Waals surface area contributed by atoms with Crippen molar-refractivity contribution in [3.05, 3.63) is 18.2 Å². The molecule has 4 nitrogen and oxygen atoms in total. The Bertz CT molecular complexity index is 477. The average Bonchev–Trinajstić information content (AvgIpc) is 2.90. The van der Waals surface area contributed by atoms with Gasteiger partial charge in [-0.1, -0.05) is 18.7 Å². The summed E-state index contributed by atoms with van der Waals surface area (Å²) in [7, 11) is 0. The minimum Gasteiger partial charge on any atom is -0.490 e. The van der Waals surface area contributed by atoms with Gasteiger partial charge in [-0.05, 0) is 32.4 Å². The van der Waals surface area contributed by atoms with Crippen molar-refractivity contribution in [1.82, 2.24) is 0 Å². The predicted octanol–water partition coefficient (Wildman–Crippen LogP) is 3.78. The Morgan fingerprint density at radius 1 is 1.20 bits per heavy atom. The highest BCUT2D eigenvalue weighted by Gasteiger charge is 2.18. The number of thioether (sulfide) groups is 1. The van der Waals surface area contributed by atoms with E-state index in [1.165, 1.54) is 0 Å². The third-order valence-electron chi connectivity index (χ3n) is 2.97. The van der Waals surface area contributed by atoms with Gasteiger partial charge in [-0.15, -0.1) is 0 Å². The molecule has 5 heteroatoms. The zero-order chi connectivity index (χ0) is 14.4. The van der Waals surface area contributed by atoms with E-state index in [0.717, 1.165) is 35.3 Å². The zero-order valence-electron chi connectivity index (χ0n) is 12.3. The number of nitrogens with zero attached hydrogens (tertiary/aromatic N) is 1. The molecule has 1 aliphatic heterocycles. The number of aliphatic imine (C=N–C) groups is 1. The molecule has 1 unspecified atom stereocenters. The number of benzene rings is 1. The summed E-state index contributed by atoms with van der Waals surface area (Å²) in [5, 5.41) is 4.94. The number of hydrogen-bond donors (Lipinski definition) is 1. The number of hydrogen-bond acceptors (Lipinski definition) is 5. The summed E-state index contributed by atoms with van der Waals surface area (Å²) in [6, 6.07) is 5.90. The Morgan fingerprint density at radius 3 is 2.60 bits per heavy atom. The topological polar surface area (TPSA) is 42.8 Å². The Labute approximate surface area is 125 Å². The van der Waals surface area contributed by atoms with E-state index in [1.54, 1.807) is 11.8 Å². The van der Waals surface area contributed by atoms with Crippen LogP contribution < -0.4 is 14.8 Å². The van der Waals surface area contributed by atoms with Crippen molar-refractivity contribution in [2.24, 2.45) is 4.99 Å². The van der Waals surface area contributed by atoms with Crippen molar-refractivity contribution in [1.29, 1.82) is 0 Å². The molecule has 1 atom stereocenters. The van der Waals surface area contributed by atoms with E-state index in [1.807, 2.05) is 32.0 Å². The second kappa shape index (κ2) is 7.43. The van der Waals surface area contributed by atoms with Crippen LogP contribution in [-0.4, -0.2) is 30.2 Å². The summed E-state index contributed by atoms with van der Waals surface area (Å²) >= 11 is 1.81. The van der Waals surface area contributed by atoms with Crippen LogP contribution in [0.4, 0.5) is 5.69 Å². The highest BCUT2D eigenvalue weighted by Crippen LogP contribution is 2.32. The number of amidine groups is 1. The molecule has 1 aromatic rings. The maximum atomic E-state index is 5.63. The van der Waals surface area contributed by atoms with Gasteiger partial charge in [-0.2, -0.15) is 0 Å². The maximum absolute atomic E-state index is 5.63. The van der Waals surface area contributed by atoms with Gasteiger partial charge in [0.15, 0.2) is 16.7 Å². The van der Waals surface area contributed by atoms with E-state index in [-0.39, 0.29) is 0 Å². The van der Waals surface area contributed by atoms with Crippen LogP contribution in [0.5, 0.6) is 11.5 Å². The van der Waals surface area contributed by atoms with Crippen LogP contribution in [0.2, 0.25) is 0 Å². The molecular weight excluding hydrogens is 272 g/mol. The lowest BCUT2D eigenvalue weighted by Gasteiger charge is -2.13. The monoisotopic (exact) mass is 294 g/mol. The molecule has 2 rings (SSSR count). The number of ether oxygens (including phenoxy) is 2. The highest BCUT2D eigenvalue weighted by molar-refractivity contribution is 8.15. The first kappa shape index (κ1) is 15.0.